The van der Waals surface area contributed by atoms with E-state index in [1.54, 1.807) is 0 Å². The minimum Gasteiger partial charge on any atom is -0.329 e. The third-order valence-electron chi connectivity index (χ3n) is 3.59. The van der Waals surface area contributed by atoms with Crippen LogP contribution in [0.2, 0.25) is 0 Å². The van der Waals surface area contributed by atoms with Gasteiger partial charge in [-0.2, -0.15) is 0 Å². The zero-order chi connectivity index (χ0) is 13.7. The molecule has 1 saturated carbocycles. The lowest BCUT2D eigenvalue weighted by Crippen LogP contribution is -2.39. The SMILES string of the molecule is CCC(C)N(CC#Cc1ccccc1)C(=O)C1CC1. The summed E-state index contributed by atoms with van der Waals surface area (Å²) in [7, 11) is 0. The highest BCUT2D eigenvalue weighted by atomic mass is 16.2. The Hall–Kier alpha value is -1.75. The van der Waals surface area contributed by atoms with Gasteiger partial charge in [-0.1, -0.05) is 37.0 Å². The van der Waals surface area contributed by atoms with E-state index in [4.69, 9.17) is 0 Å². The van der Waals surface area contributed by atoms with Crippen molar-refractivity contribution in [1.29, 1.82) is 0 Å². The highest BCUT2D eigenvalue weighted by Crippen LogP contribution is 2.31. The third-order valence-corrected chi connectivity index (χ3v) is 3.59. The van der Waals surface area contributed by atoms with Gasteiger partial charge in [0.25, 0.3) is 0 Å². The van der Waals surface area contributed by atoms with Crippen LogP contribution in [0.5, 0.6) is 0 Å². The monoisotopic (exact) mass is 255 g/mol. The molecule has 19 heavy (non-hydrogen) atoms. The van der Waals surface area contributed by atoms with E-state index in [1.165, 1.54) is 0 Å². The van der Waals surface area contributed by atoms with Crippen molar-refractivity contribution in [1.82, 2.24) is 4.90 Å². The zero-order valence-electron chi connectivity index (χ0n) is 11.7. The summed E-state index contributed by atoms with van der Waals surface area (Å²) < 4.78 is 0. The van der Waals surface area contributed by atoms with E-state index in [1.807, 2.05) is 35.2 Å². The summed E-state index contributed by atoms with van der Waals surface area (Å²) in [6, 6.07) is 10.2. The van der Waals surface area contributed by atoms with Crippen LogP contribution in [-0.4, -0.2) is 23.4 Å². The molecule has 2 heteroatoms. The van der Waals surface area contributed by atoms with Gasteiger partial charge in [-0.3, -0.25) is 4.79 Å². The van der Waals surface area contributed by atoms with Crippen LogP contribution in [-0.2, 0) is 4.79 Å². The van der Waals surface area contributed by atoms with E-state index in [-0.39, 0.29) is 17.9 Å². The van der Waals surface area contributed by atoms with E-state index < -0.39 is 0 Å². The van der Waals surface area contributed by atoms with Gasteiger partial charge in [0.2, 0.25) is 5.91 Å². The first-order chi connectivity index (χ1) is 9.22. The number of benzene rings is 1. The second-order valence-electron chi connectivity index (χ2n) is 5.17. The molecule has 1 aliphatic carbocycles. The number of hydrogen-bond donors (Lipinski definition) is 0. The summed E-state index contributed by atoms with van der Waals surface area (Å²) >= 11 is 0. The Labute approximate surface area is 115 Å². The summed E-state index contributed by atoms with van der Waals surface area (Å²) in [6.45, 7) is 4.76. The summed E-state index contributed by atoms with van der Waals surface area (Å²) in [5.41, 5.74) is 1.01. The van der Waals surface area contributed by atoms with Gasteiger partial charge in [-0.05, 0) is 38.3 Å². The van der Waals surface area contributed by atoms with Gasteiger partial charge < -0.3 is 4.90 Å². The van der Waals surface area contributed by atoms with Crippen LogP contribution in [0.1, 0.15) is 38.7 Å². The van der Waals surface area contributed by atoms with Crippen molar-refractivity contribution < 1.29 is 4.79 Å². The van der Waals surface area contributed by atoms with Crippen LogP contribution in [0, 0.1) is 17.8 Å². The molecule has 0 N–H and O–H groups in total. The Morgan fingerprint density at radius 2 is 2.05 bits per heavy atom. The third kappa shape index (κ3) is 3.86. The van der Waals surface area contributed by atoms with Gasteiger partial charge >= 0.3 is 0 Å². The van der Waals surface area contributed by atoms with E-state index in [9.17, 15) is 4.79 Å². The Kier molecular flexibility index (Phi) is 4.63. The highest BCUT2D eigenvalue weighted by Gasteiger charge is 2.34. The second kappa shape index (κ2) is 6.43. The highest BCUT2D eigenvalue weighted by molar-refractivity contribution is 5.81. The largest absolute Gasteiger partial charge is 0.329 e. The number of carbonyl (C=O) groups excluding carboxylic acids is 1. The Morgan fingerprint density at radius 3 is 2.63 bits per heavy atom. The fraction of sp³-hybridized carbons (Fsp3) is 0.471. The molecule has 1 aromatic rings. The fourth-order valence-corrected chi connectivity index (χ4v) is 1.98. The lowest BCUT2D eigenvalue weighted by Gasteiger charge is -2.26. The topological polar surface area (TPSA) is 20.3 Å². The molecule has 1 unspecified atom stereocenters. The average Bonchev–Trinajstić information content (AvgIpc) is 3.28. The van der Waals surface area contributed by atoms with Gasteiger partial charge in [0, 0.05) is 17.5 Å². The van der Waals surface area contributed by atoms with Crippen LogP contribution in [0.4, 0.5) is 0 Å². The van der Waals surface area contributed by atoms with Crippen molar-refractivity contribution >= 4 is 5.91 Å². The van der Waals surface area contributed by atoms with Gasteiger partial charge in [0.05, 0.1) is 6.54 Å². The van der Waals surface area contributed by atoms with Crippen LogP contribution in [0.25, 0.3) is 0 Å². The minimum absolute atomic E-state index is 0.271. The van der Waals surface area contributed by atoms with E-state index in [2.05, 4.69) is 25.7 Å². The molecule has 0 heterocycles. The van der Waals surface area contributed by atoms with Crippen LogP contribution in [0.15, 0.2) is 30.3 Å². The molecule has 1 aromatic carbocycles. The normalized spacial score (nSPS) is 15.3. The number of rotatable bonds is 4. The van der Waals surface area contributed by atoms with E-state index in [0.29, 0.717) is 6.54 Å². The molecule has 0 saturated heterocycles. The second-order valence-corrected chi connectivity index (χ2v) is 5.17. The Bertz CT molecular complexity index is 479. The lowest BCUT2D eigenvalue weighted by molar-refractivity contribution is -0.133. The van der Waals surface area contributed by atoms with Gasteiger partial charge in [-0.25, -0.2) is 0 Å². The predicted molar refractivity (Wildman–Crippen MR) is 77.5 cm³/mol. The molecule has 2 rings (SSSR count). The summed E-state index contributed by atoms with van der Waals surface area (Å²) in [4.78, 5) is 14.1. The van der Waals surface area contributed by atoms with Crippen molar-refractivity contribution in [2.24, 2.45) is 5.92 Å². The molecule has 0 aromatic heterocycles. The zero-order valence-corrected chi connectivity index (χ0v) is 11.7. The fourth-order valence-electron chi connectivity index (χ4n) is 1.98. The molecule has 1 aliphatic rings. The van der Waals surface area contributed by atoms with Crippen molar-refractivity contribution in [3.05, 3.63) is 35.9 Å². The minimum atomic E-state index is 0.271. The standard InChI is InChI=1S/C17H21NO/c1-3-14(2)18(17(19)16-11-12-16)13-7-10-15-8-5-4-6-9-15/h4-6,8-9,14,16H,3,11-13H2,1-2H3. The smallest absolute Gasteiger partial charge is 0.226 e. The van der Waals surface area contributed by atoms with E-state index >= 15 is 0 Å². The number of amides is 1. The predicted octanol–water partition coefficient (Wildman–Crippen LogP) is 3.08. The number of hydrogen-bond acceptors (Lipinski definition) is 1. The molecule has 1 fully saturated rings. The van der Waals surface area contributed by atoms with Gasteiger partial charge in [0.15, 0.2) is 0 Å². The molecule has 1 atom stereocenters. The quantitative estimate of drug-likeness (QED) is 0.757. The lowest BCUT2D eigenvalue weighted by atomic mass is 10.2. The first-order valence-corrected chi connectivity index (χ1v) is 7.06. The Balaban J connectivity index is 2.00. The first-order valence-electron chi connectivity index (χ1n) is 7.06. The average molecular weight is 255 g/mol. The molecule has 0 bridgehead atoms. The molecule has 0 spiro atoms. The molecule has 100 valence electrons. The summed E-state index contributed by atoms with van der Waals surface area (Å²) in [6.07, 6.45) is 3.08. The summed E-state index contributed by atoms with van der Waals surface area (Å²) in [5.74, 6) is 6.82. The van der Waals surface area contributed by atoms with Crippen molar-refractivity contribution in [3.8, 4) is 11.8 Å². The Morgan fingerprint density at radius 1 is 1.37 bits per heavy atom. The molecule has 0 radical (unpaired) electrons. The molecular weight excluding hydrogens is 234 g/mol. The van der Waals surface area contributed by atoms with Gasteiger partial charge in [0.1, 0.15) is 0 Å². The van der Waals surface area contributed by atoms with Crippen LogP contribution >= 0.6 is 0 Å². The maximum atomic E-state index is 12.2. The summed E-state index contributed by atoms with van der Waals surface area (Å²) in [5, 5.41) is 0. The molecule has 1 amide bonds. The maximum Gasteiger partial charge on any atom is 0.226 e. The van der Waals surface area contributed by atoms with Crippen LogP contribution in [0.3, 0.4) is 0 Å². The van der Waals surface area contributed by atoms with Crippen LogP contribution < -0.4 is 0 Å². The number of nitrogens with zero attached hydrogens (tertiary/aromatic N) is 1. The number of carbonyl (C=O) groups is 1. The van der Waals surface area contributed by atoms with Crippen molar-refractivity contribution in [2.75, 3.05) is 6.54 Å². The first kappa shape index (κ1) is 13.7. The maximum absolute atomic E-state index is 12.2. The molecule has 0 aliphatic heterocycles. The van der Waals surface area contributed by atoms with Crippen molar-refractivity contribution in [3.63, 3.8) is 0 Å². The van der Waals surface area contributed by atoms with Crippen molar-refractivity contribution in [2.45, 2.75) is 39.2 Å². The molecular formula is C17H21NO. The van der Waals surface area contributed by atoms with Gasteiger partial charge in [-0.15, -0.1) is 0 Å². The molecule has 2 nitrogen and oxygen atoms in total. The van der Waals surface area contributed by atoms with E-state index in [0.717, 1.165) is 24.8 Å².